The number of hydrogen-bond acceptors (Lipinski definition) is 4. The van der Waals surface area contributed by atoms with Crippen molar-refractivity contribution in [1.82, 2.24) is 9.97 Å². The fraction of sp³-hybridized carbons (Fsp3) is 0.467. The third-order valence-corrected chi connectivity index (χ3v) is 3.25. The number of aromatic nitrogens is 2. The lowest BCUT2D eigenvalue weighted by atomic mass is 9.96. The number of rotatable bonds is 4. The molecule has 0 saturated carbocycles. The first-order chi connectivity index (χ1) is 9.34. The Morgan fingerprint density at radius 3 is 2.70 bits per heavy atom. The van der Waals surface area contributed by atoms with Crippen LogP contribution in [0.1, 0.15) is 39.3 Å². The van der Waals surface area contributed by atoms with Crippen LogP contribution in [0.5, 0.6) is 0 Å². The van der Waals surface area contributed by atoms with Crippen molar-refractivity contribution < 1.29 is 4.42 Å². The lowest BCUT2D eigenvalue weighted by Gasteiger charge is -2.19. The summed E-state index contributed by atoms with van der Waals surface area (Å²) < 4.78 is 6.16. The second-order valence-electron chi connectivity index (χ2n) is 5.98. The molecule has 0 bridgehead atoms. The third kappa shape index (κ3) is 4.07. The van der Waals surface area contributed by atoms with Crippen molar-refractivity contribution in [3.8, 4) is 0 Å². The monoisotopic (exact) mass is 337 g/mol. The van der Waals surface area contributed by atoms with Gasteiger partial charge in [0.05, 0.1) is 6.26 Å². The van der Waals surface area contributed by atoms with Crippen LogP contribution in [0.3, 0.4) is 0 Å². The number of hydrogen-bond donors (Lipinski definition) is 1. The van der Waals surface area contributed by atoms with Gasteiger partial charge in [-0.25, -0.2) is 9.97 Å². The standard InChI is InChI=1S/C15H20BrN3O/c1-10(8-11-6-5-7-20-11)17-13-9-12(16)18-14(19-13)15(2,3)4/h5-7,9-10H,8H2,1-4H3,(H,17,18,19). The largest absolute Gasteiger partial charge is 0.469 e. The van der Waals surface area contributed by atoms with Crippen LogP contribution in [0.25, 0.3) is 0 Å². The van der Waals surface area contributed by atoms with Crippen LogP contribution in [0.2, 0.25) is 0 Å². The van der Waals surface area contributed by atoms with Crippen LogP contribution in [0.4, 0.5) is 5.82 Å². The molecule has 0 amide bonds. The van der Waals surface area contributed by atoms with Crippen LogP contribution in [0, 0.1) is 0 Å². The predicted molar refractivity (Wildman–Crippen MR) is 83.9 cm³/mol. The Hall–Kier alpha value is -1.36. The predicted octanol–water partition coefficient (Wildman–Crippen LogP) is 4.17. The van der Waals surface area contributed by atoms with Crippen molar-refractivity contribution in [2.75, 3.05) is 5.32 Å². The molecule has 0 aliphatic heterocycles. The van der Waals surface area contributed by atoms with Gasteiger partial charge in [-0.2, -0.15) is 0 Å². The van der Waals surface area contributed by atoms with E-state index >= 15 is 0 Å². The van der Waals surface area contributed by atoms with Crippen molar-refractivity contribution >= 4 is 21.7 Å². The Bertz CT molecular complexity index is 561. The molecule has 2 aromatic rings. The van der Waals surface area contributed by atoms with E-state index in [4.69, 9.17) is 4.42 Å². The van der Waals surface area contributed by atoms with Gasteiger partial charge in [0.2, 0.25) is 0 Å². The maximum Gasteiger partial charge on any atom is 0.137 e. The van der Waals surface area contributed by atoms with Crippen LogP contribution in [0.15, 0.2) is 33.5 Å². The first kappa shape index (κ1) is 15.0. The van der Waals surface area contributed by atoms with Crippen molar-refractivity contribution in [3.05, 3.63) is 40.7 Å². The average molecular weight is 338 g/mol. The highest BCUT2D eigenvalue weighted by molar-refractivity contribution is 9.10. The molecule has 2 heterocycles. The lowest BCUT2D eigenvalue weighted by molar-refractivity contribution is 0.497. The molecular weight excluding hydrogens is 318 g/mol. The third-order valence-electron chi connectivity index (χ3n) is 2.85. The fourth-order valence-corrected chi connectivity index (χ4v) is 2.25. The minimum absolute atomic E-state index is 0.0789. The molecule has 2 aromatic heterocycles. The summed E-state index contributed by atoms with van der Waals surface area (Å²) in [7, 11) is 0. The molecule has 0 aliphatic rings. The second-order valence-corrected chi connectivity index (χ2v) is 6.79. The van der Waals surface area contributed by atoms with Gasteiger partial charge in [-0.05, 0) is 35.0 Å². The summed E-state index contributed by atoms with van der Waals surface area (Å²) in [4.78, 5) is 9.03. The van der Waals surface area contributed by atoms with Crippen LogP contribution >= 0.6 is 15.9 Å². The summed E-state index contributed by atoms with van der Waals surface area (Å²) in [6, 6.07) is 6.01. The van der Waals surface area contributed by atoms with E-state index in [1.807, 2.05) is 18.2 Å². The summed E-state index contributed by atoms with van der Waals surface area (Å²) in [5, 5.41) is 3.39. The molecule has 1 N–H and O–H groups in total. The van der Waals surface area contributed by atoms with E-state index in [2.05, 4.69) is 58.9 Å². The molecule has 20 heavy (non-hydrogen) atoms. The molecular formula is C15H20BrN3O. The number of nitrogens with one attached hydrogen (secondary N) is 1. The quantitative estimate of drug-likeness (QED) is 0.850. The Kier molecular flexibility index (Phi) is 4.48. The van der Waals surface area contributed by atoms with Crippen molar-refractivity contribution in [2.24, 2.45) is 0 Å². The van der Waals surface area contributed by atoms with Gasteiger partial charge in [-0.15, -0.1) is 0 Å². The molecule has 0 aromatic carbocycles. The van der Waals surface area contributed by atoms with E-state index in [-0.39, 0.29) is 11.5 Å². The second kappa shape index (κ2) is 5.95. The highest BCUT2D eigenvalue weighted by Gasteiger charge is 2.19. The molecule has 5 heteroatoms. The number of halogens is 1. The SMILES string of the molecule is CC(Cc1ccco1)Nc1cc(Br)nc(C(C)(C)C)n1. The maximum absolute atomic E-state index is 5.36. The molecule has 1 unspecified atom stereocenters. The Morgan fingerprint density at radius 2 is 2.10 bits per heavy atom. The smallest absolute Gasteiger partial charge is 0.137 e. The number of furan rings is 1. The Balaban J connectivity index is 2.11. The Labute approximate surface area is 128 Å². The Morgan fingerprint density at radius 1 is 1.35 bits per heavy atom. The van der Waals surface area contributed by atoms with Gasteiger partial charge in [-0.1, -0.05) is 20.8 Å². The highest BCUT2D eigenvalue weighted by Crippen LogP contribution is 2.23. The van der Waals surface area contributed by atoms with Gasteiger partial charge in [-0.3, -0.25) is 0 Å². The number of nitrogens with zero attached hydrogens (tertiary/aromatic N) is 2. The van der Waals surface area contributed by atoms with E-state index in [1.54, 1.807) is 6.26 Å². The van der Waals surface area contributed by atoms with Gasteiger partial charge in [0.25, 0.3) is 0 Å². The van der Waals surface area contributed by atoms with E-state index in [9.17, 15) is 0 Å². The van der Waals surface area contributed by atoms with Crippen molar-refractivity contribution in [2.45, 2.75) is 45.6 Å². The topological polar surface area (TPSA) is 51.0 Å². The van der Waals surface area contributed by atoms with Crippen LogP contribution in [-0.2, 0) is 11.8 Å². The first-order valence-corrected chi connectivity index (χ1v) is 7.48. The van der Waals surface area contributed by atoms with Gasteiger partial charge >= 0.3 is 0 Å². The van der Waals surface area contributed by atoms with Gasteiger partial charge in [0, 0.05) is 23.9 Å². The zero-order valence-electron chi connectivity index (χ0n) is 12.3. The number of anilines is 1. The molecule has 0 fully saturated rings. The van der Waals surface area contributed by atoms with Crippen LogP contribution < -0.4 is 5.32 Å². The summed E-state index contributed by atoms with van der Waals surface area (Å²) in [6.07, 6.45) is 2.51. The molecule has 0 aliphatic carbocycles. The average Bonchev–Trinajstić information content (AvgIpc) is 2.79. The van der Waals surface area contributed by atoms with E-state index in [0.29, 0.717) is 0 Å². The molecule has 0 saturated heterocycles. The molecule has 108 valence electrons. The minimum Gasteiger partial charge on any atom is -0.469 e. The van der Waals surface area contributed by atoms with E-state index in [1.165, 1.54) is 0 Å². The summed E-state index contributed by atoms with van der Waals surface area (Å²) in [6.45, 7) is 8.41. The summed E-state index contributed by atoms with van der Waals surface area (Å²) in [5.74, 6) is 2.62. The van der Waals surface area contributed by atoms with E-state index in [0.717, 1.165) is 28.4 Å². The summed E-state index contributed by atoms with van der Waals surface area (Å²) in [5.41, 5.74) is -0.0789. The lowest BCUT2D eigenvalue weighted by Crippen LogP contribution is -2.21. The molecule has 0 spiro atoms. The van der Waals surface area contributed by atoms with Gasteiger partial charge in [0.1, 0.15) is 22.0 Å². The van der Waals surface area contributed by atoms with Gasteiger partial charge < -0.3 is 9.73 Å². The van der Waals surface area contributed by atoms with E-state index < -0.39 is 0 Å². The minimum atomic E-state index is -0.0789. The highest BCUT2D eigenvalue weighted by atomic mass is 79.9. The molecule has 0 radical (unpaired) electrons. The fourth-order valence-electron chi connectivity index (χ4n) is 1.86. The maximum atomic E-state index is 5.36. The molecule has 2 rings (SSSR count). The first-order valence-electron chi connectivity index (χ1n) is 6.68. The van der Waals surface area contributed by atoms with Crippen LogP contribution in [-0.4, -0.2) is 16.0 Å². The van der Waals surface area contributed by atoms with Gasteiger partial charge in [0.15, 0.2) is 0 Å². The van der Waals surface area contributed by atoms with Crippen molar-refractivity contribution in [1.29, 1.82) is 0 Å². The molecule has 1 atom stereocenters. The van der Waals surface area contributed by atoms with Crippen molar-refractivity contribution in [3.63, 3.8) is 0 Å². The normalized spacial score (nSPS) is 13.2. The molecule has 4 nitrogen and oxygen atoms in total. The zero-order chi connectivity index (χ0) is 14.8. The zero-order valence-corrected chi connectivity index (χ0v) is 13.9. The summed E-state index contributed by atoms with van der Waals surface area (Å²) >= 11 is 3.45.